The zero-order valence-electron chi connectivity index (χ0n) is 9.91. The van der Waals surface area contributed by atoms with Crippen LogP contribution in [0.4, 0.5) is 0 Å². The number of carbonyl (C=O) groups is 1. The Balaban J connectivity index is 2.21. The molecular weight excluding hydrogens is 267 g/mol. The summed E-state index contributed by atoms with van der Waals surface area (Å²) in [6.45, 7) is 2.01. The topological polar surface area (TPSA) is 17.1 Å². The number of hydrogen-bond donors (Lipinski definition) is 0. The lowest BCUT2D eigenvalue weighted by Crippen LogP contribution is -2.04. The summed E-state index contributed by atoms with van der Waals surface area (Å²) in [6.07, 6.45) is 0.334. The second kappa shape index (κ2) is 5.55. The standard InChI is InChI=1S/C15H12Cl2O/c1-10-2-4-11(5-3-10)8-15(18)13-9-12(16)6-7-14(13)17/h2-7,9H,8H2,1H3. The molecule has 0 aliphatic heterocycles. The Labute approximate surface area is 116 Å². The highest BCUT2D eigenvalue weighted by Gasteiger charge is 2.11. The largest absolute Gasteiger partial charge is 0.294 e. The summed E-state index contributed by atoms with van der Waals surface area (Å²) in [6, 6.07) is 12.8. The molecule has 2 aromatic rings. The molecular formula is C15H12Cl2O. The van der Waals surface area contributed by atoms with Crippen LogP contribution < -0.4 is 0 Å². The molecule has 0 aromatic heterocycles. The van der Waals surface area contributed by atoms with E-state index in [4.69, 9.17) is 23.2 Å². The van der Waals surface area contributed by atoms with Gasteiger partial charge in [0.15, 0.2) is 5.78 Å². The van der Waals surface area contributed by atoms with Crippen LogP contribution in [0.1, 0.15) is 21.5 Å². The first-order valence-corrected chi connectivity index (χ1v) is 6.35. The molecule has 0 aliphatic rings. The lowest BCUT2D eigenvalue weighted by Gasteiger charge is -2.05. The third-order valence-electron chi connectivity index (χ3n) is 2.71. The van der Waals surface area contributed by atoms with Crippen molar-refractivity contribution in [3.63, 3.8) is 0 Å². The Bertz CT molecular complexity index is 574. The fraction of sp³-hybridized carbons (Fsp3) is 0.133. The second-order valence-corrected chi connectivity index (χ2v) is 5.05. The quantitative estimate of drug-likeness (QED) is 0.742. The van der Waals surface area contributed by atoms with Gasteiger partial charge in [-0.3, -0.25) is 4.79 Å². The van der Waals surface area contributed by atoms with Gasteiger partial charge in [-0.15, -0.1) is 0 Å². The number of Topliss-reactive ketones (excluding diaryl/α,β-unsaturated/α-hetero) is 1. The van der Waals surface area contributed by atoms with Crippen LogP contribution in [-0.2, 0) is 6.42 Å². The summed E-state index contributed by atoms with van der Waals surface area (Å²) >= 11 is 11.9. The number of halogens is 2. The van der Waals surface area contributed by atoms with E-state index in [2.05, 4.69) is 0 Å². The van der Waals surface area contributed by atoms with Gasteiger partial charge >= 0.3 is 0 Å². The average Bonchev–Trinajstić information content (AvgIpc) is 2.35. The Morgan fingerprint density at radius 1 is 1.06 bits per heavy atom. The summed E-state index contributed by atoms with van der Waals surface area (Å²) in [5, 5.41) is 0.961. The van der Waals surface area contributed by atoms with E-state index in [1.54, 1.807) is 18.2 Å². The molecule has 92 valence electrons. The molecule has 0 atom stereocenters. The molecule has 0 amide bonds. The van der Waals surface area contributed by atoms with Crippen LogP contribution in [-0.4, -0.2) is 5.78 Å². The number of benzene rings is 2. The van der Waals surface area contributed by atoms with Crippen molar-refractivity contribution in [2.45, 2.75) is 13.3 Å². The number of ketones is 1. The molecule has 0 bridgehead atoms. The molecule has 0 unspecified atom stereocenters. The normalized spacial score (nSPS) is 10.4. The summed E-state index contributed by atoms with van der Waals surface area (Å²) in [5.41, 5.74) is 2.62. The highest BCUT2D eigenvalue weighted by atomic mass is 35.5. The van der Waals surface area contributed by atoms with Crippen LogP contribution in [0.15, 0.2) is 42.5 Å². The van der Waals surface area contributed by atoms with Gasteiger partial charge in [-0.05, 0) is 30.7 Å². The first kappa shape index (κ1) is 13.1. The summed E-state index contributed by atoms with van der Waals surface area (Å²) in [7, 11) is 0. The van der Waals surface area contributed by atoms with Crippen LogP contribution in [0.2, 0.25) is 10.0 Å². The third kappa shape index (κ3) is 3.12. The highest BCUT2D eigenvalue weighted by molar-refractivity contribution is 6.35. The lowest BCUT2D eigenvalue weighted by molar-refractivity contribution is 0.0993. The third-order valence-corrected chi connectivity index (χ3v) is 3.28. The van der Waals surface area contributed by atoms with Gasteiger partial charge in [0.1, 0.15) is 0 Å². The molecule has 0 heterocycles. The summed E-state index contributed by atoms with van der Waals surface area (Å²) in [5.74, 6) is -0.0219. The fourth-order valence-corrected chi connectivity index (χ4v) is 2.09. The Hall–Kier alpha value is -1.31. The zero-order chi connectivity index (χ0) is 13.1. The van der Waals surface area contributed by atoms with Crippen molar-refractivity contribution in [3.05, 3.63) is 69.2 Å². The average molecular weight is 279 g/mol. The van der Waals surface area contributed by atoms with E-state index in [1.165, 1.54) is 5.56 Å². The fourth-order valence-electron chi connectivity index (χ4n) is 1.70. The molecule has 0 radical (unpaired) electrons. The zero-order valence-corrected chi connectivity index (χ0v) is 11.4. The molecule has 2 aromatic carbocycles. The monoisotopic (exact) mass is 278 g/mol. The van der Waals surface area contributed by atoms with Gasteiger partial charge in [-0.25, -0.2) is 0 Å². The van der Waals surface area contributed by atoms with E-state index in [-0.39, 0.29) is 5.78 Å². The van der Waals surface area contributed by atoms with E-state index < -0.39 is 0 Å². The first-order valence-electron chi connectivity index (χ1n) is 5.60. The van der Waals surface area contributed by atoms with Crippen molar-refractivity contribution in [2.75, 3.05) is 0 Å². The molecule has 0 fully saturated rings. The van der Waals surface area contributed by atoms with E-state index in [0.717, 1.165) is 5.56 Å². The maximum Gasteiger partial charge on any atom is 0.168 e. The van der Waals surface area contributed by atoms with Gasteiger partial charge in [-0.2, -0.15) is 0 Å². The molecule has 2 rings (SSSR count). The molecule has 0 aliphatic carbocycles. The number of aryl methyl sites for hydroxylation is 1. The Morgan fingerprint density at radius 3 is 2.39 bits per heavy atom. The van der Waals surface area contributed by atoms with Crippen molar-refractivity contribution in [1.29, 1.82) is 0 Å². The highest BCUT2D eigenvalue weighted by Crippen LogP contribution is 2.22. The predicted octanol–water partition coefficient (Wildman–Crippen LogP) is 4.73. The number of hydrogen-bond acceptors (Lipinski definition) is 1. The minimum absolute atomic E-state index is 0.0219. The van der Waals surface area contributed by atoms with Crippen LogP contribution in [0, 0.1) is 6.92 Å². The van der Waals surface area contributed by atoms with Crippen LogP contribution in [0.5, 0.6) is 0 Å². The van der Waals surface area contributed by atoms with Gasteiger partial charge < -0.3 is 0 Å². The maximum absolute atomic E-state index is 12.1. The van der Waals surface area contributed by atoms with Gasteiger partial charge in [0, 0.05) is 17.0 Å². The molecule has 3 heteroatoms. The Kier molecular flexibility index (Phi) is 4.05. The van der Waals surface area contributed by atoms with E-state index in [1.807, 2.05) is 31.2 Å². The SMILES string of the molecule is Cc1ccc(CC(=O)c2cc(Cl)ccc2Cl)cc1. The van der Waals surface area contributed by atoms with Crippen LogP contribution >= 0.6 is 23.2 Å². The van der Waals surface area contributed by atoms with Gasteiger partial charge in [-0.1, -0.05) is 53.0 Å². The van der Waals surface area contributed by atoms with Crippen molar-refractivity contribution in [2.24, 2.45) is 0 Å². The van der Waals surface area contributed by atoms with E-state index in [0.29, 0.717) is 22.0 Å². The molecule has 0 N–H and O–H groups in total. The van der Waals surface area contributed by atoms with Gasteiger partial charge in [0.2, 0.25) is 0 Å². The van der Waals surface area contributed by atoms with Crippen LogP contribution in [0.25, 0.3) is 0 Å². The van der Waals surface area contributed by atoms with E-state index >= 15 is 0 Å². The van der Waals surface area contributed by atoms with Crippen molar-refractivity contribution in [3.8, 4) is 0 Å². The number of carbonyl (C=O) groups excluding carboxylic acids is 1. The number of rotatable bonds is 3. The maximum atomic E-state index is 12.1. The predicted molar refractivity (Wildman–Crippen MR) is 75.7 cm³/mol. The van der Waals surface area contributed by atoms with Gasteiger partial charge in [0.25, 0.3) is 0 Å². The second-order valence-electron chi connectivity index (χ2n) is 4.21. The first-order chi connectivity index (χ1) is 8.56. The van der Waals surface area contributed by atoms with Crippen molar-refractivity contribution < 1.29 is 4.79 Å². The van der Waals surface area contributed by atoms with Crippen molar-refractivity contribution >= 4 is 29.0 Å². The minimum atomic E-state index is -0.0219. The molecule has 18 heavy (non-hydrogen) atoms. The van der Waals surface area contributed by atoms with Gasteiger partial charge in [0.05, 0.1) is 5.02 Å². The molecule has 0 spiro atoms. The summed E-state index contributed by atoms with van der Waals surface area (Å²) < 4.78 is 0. The molecule has 1 nitrogen and oxygen atoms in total. The van der Waals surface area contributed by atoms with Crippen molar-refractivity contribution in [1.82, 2.24) is 0 Å². The molecule has 0 saturated carbocycles. The van der Waals surface area contributed by atoms with E-state index in [9.17, 15) is 4.79 Å². The minimum Gasteiger partial charge on any atom is -0.294 e. The summed E-state index contributed by atoms with van der Waals surface area (Å²) in [4.78, 5) is 12.1. The lowest BCUT2D eigenvalue weighted by atomic mass is 10.0. The van der Waals surface area contributed by atoms with Crippen LogP contribution in [0.3, 0.4) is 0 Å². The smallest absolute Gasteiger partial charge is 0.168 e. The molecule has 0 saturated heterocycles. The Morgan fingerprint density at radius 2 is 1.72 bits per heavy atom.